The van der Waals surface area contributed by atoms with Crippen molar-refractivity contribution in [2.75, 3.05) is 33.4 Å². The number of nitrogens with one attached hydrogen (secondary N) is 1. The molecule has 0 aromatic rings. The van der Waals surface area contributed by atoms with Gasteiger partial charge < -0.3 is 15.0 Å². The Morgan fingerprint density at radius 2 is 2.50 bits per heavy atom. The van der Waals surface area contributed by atoms with E-state index in [4.69, 9.17) is 4.74 Å². The van der Waals surface area contributed by atoms with Gasteiger partial charge in [-0.15, -0.1) is 0 Å². The number of nitrogens with zero attached hydrogens (tertiary/aromatic N) is 1. The molecule has 0 aromatic carbocycles. The Labute approximate surface area is 72.9 Å². The first-order chi connectivity index (χ1) is 5.75. The summed E-state index contributed by atoms with van der Waals surface area (Å²) in [5, 5.41) is 3.12. The lowest BCUT2D eigenvalue weighted by molar-refractivity contribution is -0.134. The van der Waals surface area contributed by atoms with E-state index in [0.717, 1.165) is 13.1 Å². The van der Waals surface area contributed by atoms with Crippen molar-refractivity contribution in [2.24, 2.45) is 0 Å². The highest BCUT2D eigenvalue weighted by Crippen LogP contribution is 1.97. The third kappa shape index (κ3) is 2.19. The van der Waals surface area contributed by atoms with Gasteiger partial charge in [-0.05, 0) is 6.92 Å². The van der Waals surface area contributed by atoms with E-state index < -0.39 is 0 Å². The molecule has 1 rings (SSSR count). The van der Waals surface area contributed by atoms with Gasteiger partial charge in [0, 0.05) is 20.1 Å². The first-order valence-electron chi connectivity index (χ1n) is 4.31. The van der Waals surface area contributed by atoms with Gasteiger partial charge in [0.05, 0.1) is 13.2 Å². The molecule has 0 spiro atoms. The highest BCUT2D eigenvalue weighted by Gasteiger charge is 2.22. The smallest absolute Gasteiger partial charge is 0.241 e. The maximum atomic E-state index is 11.5. The van der Waals surface area contributed by atoms with E-state index in [-0.39, 0.29) is 11.9 Å². The molecular formula is C8H16N2O2. The van der Waals surface area contributed by atoms with E-state index in [1.54, 1.807) is 11.9 Å². The summed E-state index contributed by atoms with van der Waals surface area (Å²) in [6, 6.07) is -0.135. The van der Waals surface area contributed by atoms with Gasteiger partial charge in [-0.3, -0.25) is 4.79 Å². The van der Waals surface area contributed by atoms with E-state index in [2.05, 4.69) is 5.32 Å². The maximum Gasteiger partial charge on any atom is 0.241 e. The molecular weight excluding hydrogens is 156 g/mol. The molecule has 70 valence electrons. The standard InChI is InChI=1S/C8H16N2O2/c1-3-10(2)8(11)7-6-12-5-4-9-7/h7,9H,3-6H2,1-2H3/t7-/m1/s1. The Bertz CT molecular complexity index is 155. The van der Waals surface area contributed by atoms with Crippen molar-refractivity contribution in [3.05, 3.63) is 0 Å². The van der Waals surface area contributed by atoms with E-state index in [0.29, 0.717) is 13.2 Å². The van der Waals surface area contributed by atoms with E-state index in [9.17, 15) is 4.79 Å². The van der Waals surface area contributed by atoms with Gasteiger partial charge in [-0.1, -0.05) is 0 Å². The Morgan fingerprint density at radius 1 is 1.75 bits per heavy atom. The van der Waals surface area contributed by atoms with Gasteiger partial charge in [0.15, 0.2) is 0 Å². The van der Waals surface area contributed by atoms with Crippen molar-refractivity contribution in [3.63, 3.8) is 0 Å². The molecule has 0 unspecified atom stereocenters. The predicted octanol–water partition coefficient (Wildman–Crippen LogP) is -0.547. The molecule has 1 atom stereocenters. The van der Waals surface area contributed by atoms with Crippen LogP contribution in [0.3, 0.4) is 0 Å². The third-order valence-corrected chi connectivity index (χ3v) is 2.07. The summed E-state index contributed by atoms with van der Waals surface area (Å²) in [7, 11) is 1.80. The van der Waals surface area contributed by atoms with Crippen molar-refractivity contribution in [1.29, 1.82) is 0 Å². The molecule has 0 aromatic heterocycles. The minimum atomic E-state index is -0.135. The second-order valence-electron chi connectivity index (χ2n) is 2.93. The predicted molar refractivity (Wildman–Crippen MR) is 45.9 cm³/mol. The highest BCUT2D eigenvalue weighted by molar-refractivity contribution is 5.81. The largest absolute Gasteiger partial charge is 0.378 e. The molecule has 1 aliphatic heterocycles. The summed E-state index contributed by atoms with van der Waals surface area (Å²) < 4.78 is 5.19. The fourth-order valence-corrected chi connectivity index (χ4v) is 1.15. The SMILES string of the molecule is CCN(C)C(=O)[C@H]1COCCN1. The molecule has 1 amide bonds. The summed E-state index contributed by atoms with van der Waals surface area (Å²) in [5.41, 5.74) is 0. The second-order valence-corrected chi connectivity index (χ2v) is 2.93. The van der Waals surface area contributed by atoms with Gasteiger partial charge >= 0.3 is 0 Å². The first-order valence-corrected chi connectivity index (χ1v) is 4.31. The zero-order valence-electron chi connectivity index (χ0n) is 7.67. The summed E-state index contributed by atoms with van der Waals surface area (Å²) in [6.07, 6.45) is 0. The Hall–Kier alpha value is -0.610. The van der Waals surface area contributed by atoms with Crippen molar-refractivity contribution in [2.45, 2.75) is 13.0 Å². The minimum Gasteiger partial charge on any atom is -0.378 e. The van der Waals surface area contributed by atoms with Crippen LogP contribution in [0.1, 0.15) is 6.92 Å². The van der Waals surface area contributed by atoms with E-state index in [1.165, 1.54) is 0 Å². The fraction of sp³-hybridized carbons (Fsp3) is 0.875. The fourth-order valence-electron chi connectivity index (χ4n) is 1.15. The number of hydrogen-bond donors (Lipinski definition) is 1. The molecule has 12 heavy (non-hydrogen) atoms. The van der Waals surface area contributed by atoms with Crippen LogP contribution in [0.25, 0.3) is 0 Å². The molecule has 4 nitrogen and oxygen atoms in total. The minimum absolute atomic E-state index is 0.122. The molecule has 1 aliphatic rings. The molecule has 0 bridgehead atoms. The topological polar surface area (TPSA) is 41.6 Å². The van der Waals surface area contributed by atoms with Crippen LogP contribution in [-0.4, -0.2) is 50.2 Å². The van der Waals surface area contributed by atoms with Crippen LogP contribution in [-0.2, 0) is 9.53 Å². The number of hydrogen-bond acceptors (Lipinski definition) is 3. The van der Waals surface area contributed by atoms with Crippen LogP contribution in [0.4, 0.5) is 0 Å². The van der Waals surface area contributed by atoms with Crippen LogP contribution < -0.4 is 5.32 Å². The van der Waals surface area contributed by atoms with Gasteiger partial charge in [0.2, 0.25) is 5.91 Å². The molecule has 0 saturated carbocycles. The summed E-state index contributed by atoms with van der Waals surface area (Å²) in [4.78, 5) is 13.2. The number of carbonyl (C=O) groups excluding carboxylic acids is 1. The van der Waals surface area contributed by atoms with Crippen molar-refractivity contribution >= 4 is 5.91 Å². The quantitative estimate of drug-likeness (QED) is 0.608. The van der Waals surface area contributed by atoms with Crippen LogP contribution >= 0.6 is 0 Å². The van der Waals surface area contributed by atoms with Crippen molar-refractivity contribution < 1.29 is 9.53 Å². The monoisotopic (exact) mass is 172 g/mol. The average Bonchev–Trinajstić information content (AvgIpc) is 2.17. The van der Waals surface area contributed by atoms with E-state index in [1.807, 2.05) is 6.92 Å². The summed E-state index contributed by atoms with van der Waals surface area (Å²) in [6.45, 7) is 4.69. The molecule has 4 heteroatoms. The Balaban J connectivity index is 2.39. The Kier molecular flexibility index (Phi) is 3.49. The maximum absolute atomic E-state index is 11.5. The zero-order valence-corrected chi connectivity index (χ0v) is 7.67. The van der Waals surface area contributed by atoms with Crippen LogP contribution in [0.5, 0.6) is 0 Å². The number of amides is 1. The third-order valence-electron chi connectivity index (χ3n) is 2.07. The number of carbonyl (C=O) groups is 1. The molecule has 0 radical (unpaired) electrons. The normalized spacial score (nSPS) is 23.7. The van der Waals surface area contributed by atoms with E-state index >= 15 is 0 Å². The van der Waals surface area contributed by atoms with Gasteiger partial charge in [0.25, 0.3) is 0 Å². The second kappa shape index (κ2) is 4.42. The lowest BCUT2D eigenvalue weighted by Crippen LogP contribution is -2.51. The van der Waals surface area contributed by atoms with Crippen LogP contribution in [0.15, 0.2) is 0 Å². The number of ether oxygens (including phenoxy) is 1. The molecule has 1 saturated heterocycles. The Morgan fingerprint density at radius 3 is 3.00 bits per heavy atom. The molecule has 1 fully saturated rings. The molecule has 0 aliphatic carbocycles. The van der Waals surface area contributed by atoms with Gasteiger partial charge in [-0.2, -0.15) is 0 Å². The highest BCUT2D eigenvalue weighted by atomic mass is 16.5. The molecule has 1 heterocycles. The lowest BCUT2D eigenvalue weighted by atomic mass is 10.2. The average molecular weight is 172 g/mol. The first kappa shape index (κ1) is 9.48. The number of likely N-dealkylation sites (N-methyl/N-ethyl adjacent to an activating group) is 1. The van der Waals surface area contributed by atoms with Gasteiger partial charge in [0.1, 0.15) is 6.04 Å². The molecule has 1 N–H and O–H groups in total. The van der Waals surface area contributed by atoms with Crippen molar-refractivity contribution in [3.8, 4) is 0 Å². The number of morpholine rings is 1. The summed E-state index contributed by atoms with van der Waals surface area (Å²) >= 11 is 0. The van der Waals surface area contributed by atoms with Crippen molar-refractivity contribution in [1.82, 2.24) is 10.2 Å². The zero-order chi connectivity index (χ0) is 8.97. The van der Waals surface area contributed by atoms with Gasteiger partial charge in [-0.25, -0.2) is 0 Å². The van der Waals surface area contributed by atoms with Crippen LogP contribution in [0, 0.1) is 0 Å². The van der Waals surface area contributed by atoms with Crippen LogP contribution in [0.2, 0.25) is 0 Å². The lowest BCUT2D eigenvalue weighted by Gasteiger charge is -2.26. The summed E-state index contributed by atoms with van der Waals surface area (Å²) in [5.74, 6) is 0.122. The number of rotatable bonds is 2.